The Morgan fingerprint density at radius 3 is 2.94 bits per heavy atom. The van der Waals surface area contributed by atoms with E-state index in [9.17, 15) is 4.79 Å². The Hall–Kier alpha value is -0.750. The zero-order valence-electron chi connectivity index (χ0n) is 9.86. The van der Waals surface area contributed by atoms with Crippen LogP contribution in [0.1, 0.15) is 23.5 Å². The predicted octanol–water partition coefficient (Wildman–Crippen LogP) is 2.48. The van der Waals surface area contributed by atoms with Crippen molar-refractivity contribution in [3.05, 3.63) is 11.1 Å². The first-order valence-electron chi connectivity index (χ1n) is 4.81. The first kappa shape index (κ1) is 13.3. The van der Waals surface area contributed by atoms with E-state index in [0.29, 0.717) is 4.88 Å². The number of aromatic nitrogens is 1. The summed E-state index contributed by atoms with van der Waals surface area (Å²) in [5.41, 5.74) is 0. The first-order valence-corrected chi connectivity index (χ1v) is 6.86. The molecule has 1 heterocycles. The number of hydrogen-bond acceptors (Lipinski definition) is 6. The highest BCUT2D eigenvalue weighted by Gasteiger charge is 2.17. The van der Waals surface area contributed by atoms with Crippen LogP contribution in [0, 0.1) is 0 Å². The Bertz CT molecular complexity index is 363. The fourth-order valence-electron chi connectivity index (χ4n) is 0.911. The molecule has 0 bridgehead atoms. The standard InChI is InChI=1S/C10H16N2O2S2/c1-10(2,15-4)6-12-9-11-5-7(16-9)8(13)14-3/h5H,6H2,1-4H3,(H,11,12). The van der Waals surface area contributed by atoms with E-state index in [0.717, 1.165) is 11.7 Å². The Morgan fingerprint density at radius 2 is 2.38 bits per heavy atom. The predicted molar refractivity (Wildman–Crippen MR) is 69.5 cm³/mol. The molecule has 6 heteroatoms. The van der Waals surface area contributed by atoms with Gasteiger partial charge < -0.3 is 10.1 Å². The molecule has 0 radical (unpaired) electrons. The number of nitrogens with zero attached hydrogens (tertiary/aromatic N) is 1. The molecule has 0 fully saturated rings. The average molecular weight is 260 g/mol. The van der Waals surface area contributed by atoms with Crippen LogP contribution in [0.3, 0.4) is 0 Å². The van der Waals surface area contributed by atoms with E-state index in [1.54, 1.807) is 11.8 Å². The van der Waals surface area contributed by atoms with Gasteiger partial charge in [0, 0.05) is 11.3 Å². The van der Waals surface area contributed by atoms with Crippen molar-refractivity contribution in [2.24, 2.45) is 0 Å². The minimum Gasteiger partial charge on any atom is -0.465 e. The van der Waals surface area contributed by atoms with Crippen LogP contribution in [0.25, 0.3) is 0 Å². The molecule has 0 aliphatic rings. The van der Waals surface area contributed by atoms with E-state index in [2.05, 4.69) is 35.1 Å². The number of ether oxygens (including phenoxy) is 1. The van der Waals surface area contributed by atoms with Crippen molar-refractivity contribution in [1.82, 2.24) is 4.98 Å². The van der Waals surface area contributed by atoms with Crippen LogP contribution in [0.2, 0.25) is 0 Å². The molecule has 4 nitrogen and oxygen atoms in total. The average Bonchev–Trinajstić information content (AvgIpc) is 2.74. The SMILES string of the molecule is COC(=O)c1cnc(NCC(C)(C)SC)s1. The molecule has 0 amide bonds. The molecule has 0 aliphatic carbocycles. The zero-order valence-corrected chi connectivity index (χ0v) is 11.5. The van der Waals surface area contributed by atoms with E-state index in [-0.39, 0.29) is 10.7 Å². The van der Waals surface area contributed by atoms with Crippen molar-refractivity contribution in [3.63, 3.8) is 0 Å². The Balaban J connectivity index is 2.56. The number of anilines is 1. The summed E-state index contributed by atoms with van der Waals surface area (Å²) in [6, 6.07) is 0. The Labute approximate surface area is 104 Å². The van der Waals surface area contributed by atoms with Crippen LogP contribution in [0.4, 0.5) is 5.13 Å². The molecule has 1 rings (SSSR count). The summed E-state index contributed by atoms with van der Waals surface area (Å²) in [6.07, 6.45) is 3.61. The fraction of sp³-hybridized carbons (Fsp3) is 0.600. The molecule has 0 saturated heterocycles. The summed E-state index contributed by atoms with van der Waals surface area (Å²) in [7, 11) is 1.37. The van der Waals surface area contributed by atoms with E-state index in [1.807, 2.05) is 0 Å². The number of hydrogen-bond donors (Lipinski definition) is 1. The lowest BCUT2D eigenvalue weighted by atomic mass is 10.2. The van der Waals surface area contributed by atoms with Gasteiger partial charge in [-0.2, -0.15) is 11.8 Å². The number of rotatable bonds is 5. The van der Waals surface area contributed by atoms with Crippen LogP contribution < -0.4 is 5.32 Å². The van der Waals surface area contributed by atoms with Crippen molar-refractivity contribution in [3.8, 4) is 0 Å². The van der Waals surface area contributed by atoms with Gasteiger partial charge in [-0.25, -0.2) is 9.78 Å². The van der Waals surface area contributed by atoms with E-state index >= 15 is 0 Å². The van der Waals surface area contributed by atoms with Gasteiger partial charge >= 0.3 is 5.97 Å². The van der Waals surface area contributed by atoms with Crippen molar-refractivity contribution >= 4 is 34.2 Å². The summed E-state index contributed by atoms with van der Waals surface area (Å²) in [4.78, 5) is 15.8. The molecule has 90 valence electrons. The van der Waals surface area contributed by atoms with E-state index in [4.69, 9.17) is 0 Å². The lowest BCUT2D eigenvalue weighted by molar-refractivity contribution is 0.0606. The summed E-state index contributed by atoms with van der Waals surface area (Å²) in [5, 5.41) is 3.97. The molecule has 0 spiro atoms. The molecular formula is C10H16N2O2S2. The maximum Gasteiger partial charge on any atom is 0.349 e. The van der Waals surface area contributed by atoms with Crippen LogP contribution in [0.15, 0.2) is 6.20 Å². The van der Waals surface area contributed by atoms with Gasteiger partial charge in [-0.05, 0) is 20.1 Å². The third-order valence-corrected chi connectivity index (χ3v) is 4.29. The fourth-order valence-corrected chi connectivity index (χ4v) is 1.86. The summed E-state index contributed by atoms with van der Waals surface area (Å²) in [6.45, 7) is 5.11. The van der Waals surface area contributed by atoms with Crippen LogP contribution in [-0.4, -0.2) is 35.6 Å². The number of thiazole rings is 1. The minimum atomic E-state index is -0.338. The molecule has 1 aromatic rings. The summed E-state index contributed by atoms with van der Waals surface area (Å²) < 4.78 is 4.77. The third kappa shape index (κ3) is 3.68. The van der Waals surface area contributed by atoms with Gasteiger partial charge in [-0.1, -0.05) is 11.3 Å². The second-order valence-electron chi connectivity index (χ2n) is 3.84. The Morgan fingerprint density at radius 1 is 1.69 bits per heavy atom. The topological polar surface area (TPSA) is 51.2 Å². The largest absolute Gasteiger partial charge is 0.465 e. The van der Waals surface area contributed by atoms with Crippen molar-refractivity contribution < 1.29 is 9.53 Å². The van der Waals surface area contributed by atoms with E-state index < -0.39 is 0 Å². The van der Waals surface area contributed by atoms with Crippen LogP contribution >= 0.6 is 23.1 Å². The molecule has 1 aromatic heterocycles. The number of thioether (sulfide) groups is 1. The van der Waals surface area contributed by atoms with Crippen molar-refractivity contribution in [2.75, 3.05) is 25.2 Å². The molecule has 0 atom stereocenters. The van der Waals surface area contributed by atoms with Gasteiger partial charge in [0.2, 0.25) is 0 Å². The van der Waals surface area contributed by atoms with E-state index in [1.165, 1.54) is 24.6 Å². The monoisotopic (exact) mass is 260 g/mol. The summed E-state index contributed by atoms with van der Waals surface area (Å²) in [5.74, 6) is -0.338. The Kier molecular flexibility index (Phi) is 4.61. The molecular weight excluding hydrogens is 244 g/mol. The zero-order chi connectivity index (χ0) is 12.2. The smallest absolute Gasteiger partial charge is 0.349 e. The lowest BCUT2D eigenvalue weighted by Crippen LogP contribution is -2.25. The van der Waals surface area contributed by atoms with Gasteiger partial charge in [0.25, 0.3) is 0 Å². The molecule has 1 N–H and O–H groups in total. The molecule has 16 heavy (non-hydrogen) atoms. The number of methoxy groups -OCH3 is 1. The first-order chi connectivity index (χ1) is 7.48. The van der Waals surface area contributed by atoms with Gasteiger partial charge in [-0.15, -0.1) is 0 Å². The molecule has 0 saturated carbocycles. The van der Waals surface area contributed by atoms with Crippen LogP contribution in [-0.2, 0) is 4.74 Å². The number of nitrogens with one attached hydrogen (secondary N) is 1. The minimum absolute atomic E-state index is 0.150. The quantitative estimate of drug-likeness (QED) is 0.824. The van der Waals surface area contributed by atoms with Gasteiger partial charge in [0.05, 0.1) is 13.3 Å². The lowest BCUT2D eigenvalue weighted by Gasteiger charge is -2.21. The molecule has 0 aromatic carbocycles. The van der Waals surface area contributed by atoms with Gasteiger partial charge in [-0.3, -0.25) is 0 Å². The van der Waals surface area contributed by atoms with Crippen LogP contribution in [0.5, 0.6) is 0 Å². The van der Waals surface area contributed by atoms with Gasteiger partial charge in [0.1, 0.15) is 4.88 Å². The normalized spacial score (nSPS) is 11.2. The maximum absolute atomic E-state index is 11.2. The molecule has 0 aliphatic heterocycles. The van der Waals surface area contributed by atoms with Gasteiger partial charge in [0.15, 0.2) is 5.13 Å². The van der Waals surface area contributed by atoms with Crippen molar-refractivity contribution in [2.45, 2.75) is 18.6 Å². The number of esters is 1. The number of carbonyl (C=O) groups excluding carboxylic acids is 1. The maximum atomic E-state index is 11.2. The highest BCUT2D eigenvalue weighted by Crippen LogP contribution is 2.24. The summed E-state index contributed by atoms with van der Waals surface area (Å²) >= 11 is 3.10. The highest BCUT2D eigenvalue weighted by molar-refractivity contribution is 7.99. The van der Waals surface area contributed by atoms with Crippen molar-refractivity contribution in [1.29, 1.82) is 0 Å². The second kappa shape index (κ2) is 5.54. The second-order valence-corrected chi connectivity index (χ2v) is 6.38. The molecule has 0 unspecified atom stereocenters. The highest BCUT2D eigenvalue weighted by atomic mass is 32.2. The third-order valence-electron chi connectivity index (χ3n) is 2.11. The number of carbonyl (C=O) groups is 1.